The van der Waals surface area contributed by atoms with Gasteiger partial charge in [0.05, 0.1) is 20.3 Å². The van der Waals surface area contributed by atoms with Crippen LogP contribution in [0.1, 0.15) is 34.8 Å². The van der Waals surface area contributed by atoms with Crippen molar-refractivity contribution in [2.75, 3.05) is 20.8 Å². The molecule has 1 aliphatic heterocycles. The number of H-pyrrole nitrogens is 1. The third-order valence-corrected chi connectivity index (χ3v) is 4.36. The first-order valence-electron chi connectivity index (χ1n) is 7.86. The van der Waals surface area contributed by atoms with Crippen LogP contribution in [0.2, 0.25) is 0 Å². The van der Waals surface area contributed by atoms with Crippen LogP contribution in [0.3, 0.4) is 0 Å². The van der Waals surface area contributed by atoms with E-state index in [2.05, 4.69) is 4.98 Å². The van der Waals surface area contributed by atoms with Gasteiger partial charge in [0.2, 0.25) is 0 Å². The first-order chi connectivity index (χ1) is 11.7. The SMILES string of the molecule is COc1ccc(OC)c([C@H]2CCCN2C(=O)c2ccc[nH]c2=O)c1. The summed E-state index contributed by atoms with van der Waals surface area (Å²) >= 11 is 0. The van der Waals surface area contributed by atoms with Gasteiger partial charge in [0, 0.05) is 18.3 Å². The number of methoxy groups -OCH3 is 2. The highest BCUT2D eigenvalue weighted by molar-refractivity contribution is 5.94. The van der Waals surface area contributed by atoms with Crippen LogP contribution >= 0.6 is 0 Å². The van der Waals surface area contributed by atoms with Gasteiger partial charge in [0.25, 0.3) is 11.5 Å². The summed E-state index contributed by atoms with van der Waals surface area (Å²) in [6.07, 6.45) is 3.22. The molecule has 1 aromatic heterocycles. The van der Waals surface area contributed by atoms with Gasteiger partial charge >= 0.3 is 0 Å². The molecule has 0 unspecified atom stereocenters. The minimum Gasteiger partial charge on any atom is -0.497 e. The molecule has 1 amide bonds. The van der Waals surface area contributed by atoms with Crippen LogP contribution in [-0.4, -0.2) is 36.6 Å². The zero-order valence-corrected chi connectivity index (χ0v) is 13.7. The summed E-state index contributed by atoms with van der Waals surface area (Å²) in [6.45, 7) is 0.609. The Hall–Kier alpha value is -2.76. The summed E-state index contributed by atoms with van der Waals surface area (Å²) in [5.74, 6) is 1.16. The maximum Gasteiger partial charge on any atom is 0.260 e. The Morgan fingerprint density at radius 2 is 2.08 bits per heavy atom. The van der Waals surface area contributed by atoms with Gasteiger partial charge in [0.15, 0.2) is 0 Å². The molecule has 0 saturated carbocycles. The summed E-state index contributed by atoms with van der Waals surface area (Å²) in [4.78, 5) is 29.1. The number of nitrogens with one attached hydrogen (secondary N) is 1. The first-order valence-corrected chi connectivity index (χ1v) is 7.86. The van der Waals surface area contributed by atoms with Crippen molar-refractivity contribution >= 4 is 5.91 Å². The molecule has 0 spiro atoms. The van der Waals surface area contributed by atoms with E-state index in [-0.39, 0.29) is 23.1 Å². The standard InChI is InChI=1S/C18H20N2O4/c1-23-12-7-8-16(24-2)14(11-12)15-6-4-10-20(15)18(22)13-5-3-9-19-17(13)21/h3,5,7-9,11,15H,4,6,10H2,1-2H3,(H,19,21)/t15-/m1/s1. The molecule has 126 valence electrons. The van der Waals surface area contributed by atoms with Gasteiger partial charge in [-0.3, -0.25) is 9.59 Å². The number of aromatic nitrogens is 1. The molecular weight excluding hydrogens is 308 g/mol. The molecule has 6 heteroatoms. The largest absolute Gasteiger partial charge is 0.497 e. The van der Waals surface area contributed by atoms with Crippen LogP contribution in [0.4, 0.5) is 0 Å². The lowest BCUT2D eigenvalue weighted by molar-refractivity contribution is 0.0732. The molecule has 1 aliphatic rings. The fourth-order valence-electron chi connectivity index (χ4n) is 3.18. The number of carbonyl (C=O) groups excluding carboxylic acids is 1. The maximum absolute atomic E-state index is 12.8. The van der Waals surface area contributed by atoms with E-state index in [1.807, 2.05) is 18.2 Å². The summed E-state index contributed by atoms with van der Waals surface area (Å²) in [7, 11) is 3.21. The topological polar surface area (TPSA) is 71.6 Å². The van der Waals surface area contributed by atoms with Gasteiger partial charge in [0.1, 0.15) is 17.1 Å². The van der Waals surface area contributed by atoms with Crippen LogP contribution in [0.15, 0.2) is 41.3 Å². The molecule has 0 aliphatic carbocycles. The average Bonchev–Trinajstić information content (AvgIpc) is 3.10. The normalized spacial score (nSPS) is 16.9. The van der Waals surface area contributed by atoms with Crippen molar-refractivity contribution in [3.05, 3.63) is 58.0 Å². The molecule has 2 heterocycles. The molecule has 1 N–H and O–H groups in total. The predicted octanol–water partition coefficient (Wildman–Crippen LogP) is 2.37. The molecule has 1 atom stereocenters. The van der Waals surface area contributed by atoms with E-state index in [0.717, 1.165) is 18.4 Å². The number of hydrogen-bond donors (Lipinski definition) is 1. The fraction of sp³-hybridized carbons (Fsp3) is 0.333. The highest BCUT2D eigenvalue weighted by Gasteiger charge is 2.33. The van der Waals surface area contributed by atoms with E-state index in [9.17, 15) is 9.59 Å². The molecule has 6 nitrogen and oxygen atoms in total. The second-order valence-electron chi connectivity index (χ2n) is 5.68. The van der Waals surface area contributed by atoms with Gasteiger partial charge in [-0.25, -0.2) is 0 Å². The Kier molecular flexibility index (Phi) is 4.55. The number of aromatic amines is 1. The minimum absolute atomic E-state index is 0.137. The second-order valence-corrected chi connectivity index (χ2v) is 5.68. The fourth-order valence-corrected chi connectivity index (χ4v) is 3.18. The molecule has 1 fully saturated rings. The number of rotatable bonds is 4. The number of amides is 1. The zero-order valence-electron chi connectivity index (χ0n) is 13.7. The van der Waals surface area contributed by atoms with Crippen molar-refractivity contribution in [3.63, 3.8) is 0 Å². The Balaban J connectivity index is 1.98. The number of benzene rings is 1. The van der Waals surface area contributed by atoms with Crippen molar-refractivity contribution in [1.82, 2.24) is 9.88 Å². The molecule has 1 saturated heterocycles. The van der Waals surface area contributed by atoms with Gasteiger partial charge in [-0.2, -0.15) is 0 Å². The third-order valence-electron chi connectivity index (χ3n) is 4.36. The minimum atomic E-state index is -0.370. The van der Waals surface area contributed by atoms with Crippen molar-refractivity contribution in [2.24, 2.45) is 0 Å². The van der Waals surface area contributed by atoms with Gasteiger partial charge in [-0.15, -0.1) is 0 Å². The predicted molar refractivity (Wildman–Crippen MR) is 89.6 cm³/mol. The zero-order chi connectivity index (χ0) is 17.1. The second kappa shape index (κ2) is 6.78. The molecule has 1 aromatic carbocycles. The van der Waals surface area contributed by atoms with Crippen LogP contribution in [0.25, 0.3) is 0 Å². The molecule has 3 rings (SSSR count). The molecule has 2 aromatic rings. The van der Waals surface area contributed by atoms with Crippen LogP contribution < -0.4 is 15.0 Å². The number of pyridine rings is 1. The number of carbonyl (C=O) groups is 1. The lowest BCUT2D eigenvalue weighted by Crippen LogP contribution is -2.34. The van der Waals surface area contributed by atoms with Crippen LogP contribution in [-0.2, 0) is 0 Å². The number of nitrogens with zero attached hydrogens (tertiary/aromatic N) is 1. The molecule has 0 radical (unpaired) electrons. The average molecular weight is 328 g/mol. The van der Waals surface area contributed by atoms with E-state index in [0.29, 0.717) is 18.0 Å². The number of ether oxygens (including phenoxy) is 2. The highest BCUT2D eigenvalue weighted by Crippen LogP contribution is 2.39. The van der Waals surface area contributed by atoms with E-state index in [1.165, 1.54) is 6.20 Å². The van der Waals surface area contributed by atoms with Crippen LogP contribution in [0.5, 0.6) is 11.5 Å². The van der Waals surface area contributed by atoms with E-state index in [1.54, 1.807) is 31.3 Å². The van der Waals surface area contributed by atoms with E-state index >= 15 is 0 Å². The summed E-state index contributed by atoms with van der Waals surface area (Å²) in [5.41, 5.74) is 0.687. The Morgan fingerprint density at radius 1 is 1.25 bits per heavy atom. The third kappa shape index (κ3) is 2.87. The molecule has 24 heavy (non-hydrogen) atoms. The number of hydrogen-bond acceptors (Lipinski definition) is 4. The van der Waals surface area contributed by atoms with E-state index in [4.69, 9.17) is 9.47 Å². The van der Waals surface area contributed by atoms with Crippen molar-refractivity contribution in [3.8, 4) is 11.5 Å². The smallest absolute Gasteiger partial charge is 0.260 e. The van der Waals surface area contributed by atoms with E-state index < -0.39 is 0 Å². The summed E-state index contributed by atoms with van der Waals surface area (Å²) < 4.78 is 10.8. The van der Waals surface area contributed by atoms with Crippen molar-refractivity contribution in [2.45, 2.75) is 18.9 Å². The highest BCUT2D eigenvalue weighted by atomic mass is 16.5. The summed E-state index contributed by atoms with van der Waals surface area (Å²) in [6, 6.07) is 8.63. The van der Waals surface area contributed by atoms with Gasteiger partial charge < -0.3 is 19.4 Å². The lowest BCUT2D eigenvalue weighted by atomic mass is 10.0. The Bertz CT molecular complexity index is 800. The monoisotopic (exact) mass is 328 g/mol. The number of likely N-dealkylation sites (tertiary alicyclic amines) is 1. The van der Waals surface area contributed by atoms with Crippen molar-refractivity contribution < 1.29 is 14.3 Å². The summed E-state index contributed by atoms with van der Waals surface area (Å²) in [5, 5.41) is 0. The Labute approximate surface area is 140 Å². The molecule has 0 bridgehead atoms. The maximum atomic E-state index is 12.8. The first kappa shape index (κ1) is 16.1. The lowest BCUT2D eigenvalue weighted by Gasteiger charge is -2.26. The Morgan fingerprint density at radius 3 is 2.79 bits per heavy atom. The van der Waals surface area contributed by atoms with Gasteiger partial charge in [-0.1, -0.05) is 0 Å². The van der Waals surface area contributed by atoms with Gasteiger partial charge in [-0.05, 0) is 43.2 Å². The molecular formula is C18H20N2O4. The van der Waals surface area contributed by atoms with Crippen molar-refractivity contribution in [1.29, 1.82) is 0 Å². The quantitative estimate of drug-likeness (QED) is 0.935. The van der Waals surface area contributed by atoms with Crippen LogP contribution in [0, 0.1) is 0 Å².